The molecule has 33 heavy (non-hydrogen) atoms. The number of nitrogens with zero attached hydrogens (tertiary/aromatic N) is 4. The van der Waals surface area contributed by atoms with E-state index >= 15 is 0 Å². The summed E-state index contributed by atoms with van der Waals surface area (Å²) in [6.45, 7) is 3.46. The smallest absolute Gasteiger partial charge is 0.367 e. The van der Waals surface area contributed by atoms with Gasteiger partial charge in [-0.1, -0.05) is 11.8 Å². The van der Waals surface area contributed by atoms with E-state index in [1.807, 2.05) is 0 Å². The van der Waals surface area contributed by atoms with Gasteiger partial charge < -0.3 is 24.7 Å². The predicted octanol–water partition coefficient (Wildman–Crippen LogP) is 1.75. The summed E-state index contributed by atoms with van der Waals surface area (Å²) < 4.78 is 12.4. The highest BCUT2D eigenvalue weighted by Gasteiger charge is 2.25. The molecule has 1 N–H and O–H groups in total. The highest BCUT2D eigenvalue weighted by molar-refractivity contribution is 8.00. The Labute approximate surface area is 198 Å². The molecule has 0 atom stereocenters. The first-order valence-corrected chi connectivity index (χ1v) is 12.2. The van der Waals surface area contributed by atoms with Crippen LogP contribution >= 0.6 is 11.8 Å². The van der Waals surface area contributed by atoms with Crippen molar-refractivity contribution >= 4 is 23.4 Å². The van der Waals surface area contributed by atoms with Gasteiger partial charge in [0.1, 0.15) is 16.5 Å². The molecule has 0 saturated carbocycles. The van der Waals surface area contributed by atoms with E-state index < -0.39 is 0 Å². The van der Waals surface area contributed by atoms with E-state index in [1.165, 1.54) is 11.8 Å². The summed E-state index contributed by atoms with van der Waals surface area (Å²) in [6, 6.07) is 5.23. The highest BCUT2D eigenvalue weighted by Crippen LogP contribution is 2.31. The van der Waals surface area contributed by atoms with Gasteiger partial charge in [-0.05, 0) is 44.9 Å². The molecule has 0 radical (unpaired) electrons. The summed E-state index contributed by atoms with van der Waals surface area (Å²) in [5.74, 6) is 1.15. The number of methoxy groups -OCH3 is 2. The highest BCUT2D eigenvalue weighted by atomic mass is 32.2. The number of hydrogen-bond donors (Lipinski definition) is 1. The summed E-state index contributed by atoms with van der Waals surface area (Å²) in [6.07, 6.45) is 3.87. The number of nitrogens with one attached hydrogen (secondary N) is 1. The first-order chi connectivity index (χ1) is 16.0. The average Bonchev–Trinajstić information content (AvgIpc) is 2.83. The number of rotatable bonds is 7. The molecule has 0 spiro atoms. The Hall–Kier alpha value is -2.72. The van der Waals surface area contributed by atoms with Crippen LogP contribution in [0.2, 0.25) is 0 Å². The average molecular weight is 474 g/mol. The van der Waals surface area contributed by atoms with Gasteiger partial charge in [0.25, 0.3) is 0 Å². The molecule has 1 fully saturated rings. The molecule has 1 aromatic carbocycles. The van der Waals surface area contributed by atoms with Gasteiger partial charge in [-0.15, -0.1) is 0 Å². The van der Waals surface area contributed by atoms with Gasteiger partial charge in [-0.2, -0.15) is 4.98 Å². The summed E-state index contributed by atoms with van der Waals surface area (Å²) in [7, 11) is 5.22. The van der Waals surface area contributed by atoms with Crippen molar-refractivity contribution in [1.82, 2.24) is 14.6 Å². The van der Waals surface area contributed by atoms with Crippen LogP contribution in [0.1, 0.15) is 24.1 Å². The van der Waals surface area contributed by atoms with E-state index in [0.717, 1.165) is 63.1 Å². The van der Waals surface area contributed by atoms with Crippen LogP contribution in [-0.4, -0.2) is 73.7 Å². The fraction of sp³-hybridized carbons (Fsp3) is 0.522. The second-order valence-corrected chi connectivity index (χ2v) is 9.27. The lowest BCUT2D eigenvalue weighted by Crippen LogP contribution is -2.54. The Bertz CT molecular complexity index is 1070. The second-order valence-electron chi connectivity index (χ2n) is 8.30. The van der Waals surface area contributed by atoms with E-state index in [1.54, 1.807) is 37.1 Å². The van der Waals surface area contributed by atoms with Crippen molar-refractivity contribution in [3.8, 4) is 11.5 Å². The third kappa shape index (κ3) is 5.27. The first kappa shape index (κ1) is 23.4. The number of piperazine rings is 1. The lowest BCUT2D eigenvalue weighted by Gasteiger charge is -2.37. The number of anilines is 1. The zero-order chi connectivity index (χ0) is 23.4. The third-order valence-electron chi connectivity index (χ3n) is 6.12. The zero-order valence-corrected chi connectivity index (χ0v) is 20.2. The van der Waals surface area contributed by atoms with Gasteiger partial charge in [0.15, 0.2) is 0 Å². The SMILES string of the molecule is COc1ccc(NC(=O)CSc2nc(=O)n(N3CCN(C)CC3)c3c2CCCC3)c(OC)c1. The molecule has 2 aromatic rings. The van der Waals surface area contributed by atoms with Crippen molar-refractivity contribution in [3.63, 3.8) is 0 Å². The third-order valence-corrected chi connectivity index (χ3v) is 7.13. The van der Waals surface area contributed by atoms with Gasteiger partial charge in [0.05, 0.1) is 31.4 Å². The normalized spacial score (nSPS) is 16.3. The number of fused-ring (bicyclic) bond motifs is 1. The molecule has 0 bridgehead atoms. The number of amides is 1. The lowest BCUT2D eigenvalue weighted by molar-refractivity contribution is -0.113. The van der Waals surface area contributed by atoms with Crippen molar-refractivity contribution in [1.29, 1.82) is 0 Å². The fourth-order valence-electron chi connectivity index (χ4n) is 4.30. The van der Waals surface area contributed by atoms with Crippen molar-refractivity contribution in [3.05, 3.63) is 39.9 Å². The largest absolute Gasteiger partial charge is 0.497 e. The van der Waals surface area contributed by atoms with Crippen molar-refractivity contribution in [2.75, 3.05) is 63.5 Å². The summed E-state index contributed by atoms with van der Waals surface area (Å²) in [5, 5.41) is 5.68. The number of aromatic nitrogens is 2. The van der Waals surface area contributed by atoms with Crippen LogP contribution in [0, 0.1) is 0 Å². The van der Waals surface area contributed by atoms with E-state index in [0.29, 0.717) is 22.2 Å². The Kier molecular flexibility index (Phi) is 7.44. The number of hydrogen-bond acceptors (Lipinski definition) is 8. The van der Waals surface area contributed by atoms with Crippen molar-refractivity contribution < 1.29 is 14.3 Å². The van der Waals surface area contributed by atoms with Crippen LogP contribution in [0.4, 0.5) is 5.69 Å². The zero-order valence-electron chi connectivity index (χ0n) is 19.4. The van der Waals surface area contributed by atoms with Gasteiger partial charge in [0.2, 0.25) is 5.91 Å². The maximum absolute atomic E-state index is 13.0. The molecule has 1 amide bonds. The fourth-order valence-corrected chi connectivity index (χ4v) is 5.18. The maximum Gasteiger partial charge on any atom is 0.367 e. The van der Waals surface area contributed by atoms with E-state index in [2.05, 4.69) is 27.3 Å². The number of likely N-dealkylation sites (N-methyl/N-ethyl adjacent to an activating group) is 1. The van der Waals surface area contributed by atoms with E-state index in [9.17, 15) is 9.59 Å². The van der Waals surface area contributed by atoms with Crippen molar-refractivity contribution in [2.24, 2.45) is 0 Å². The molecule has 2 aliphatic rings. The number of carbonyl (C=O) groups is 1. The number of thioether (sulfide) groups is 1. The number of carbonyl (C=O) groups excluding carboxylic acids is 1. The standard InChI is InChI=1S/C23H31N5O4S/c1-26-10-12-27(13-11-26)28-19-7-5-4-6-17(19)22(25-23(28)30)33-15-21(29)24-18-9-8-16(31-2)14-20(18)32-3/h8-9,14H,4-7,10-13,15H2,1-3H3,(H,24,29). The van der Waals surface area contributed by atoms with Crippen LogP contribution in [0.25, 0.3) is 0 Å². The molecule has 2 heterocycles. The molecule has 1 saturated heterocycles. The minimum Gasteiger partial charge on any atom is -0.497 e. The Balaban J connectivity index is 1.50. The molecule has 4 rings (SSSR count). The van der Waals surface area contributed by atoms with Crippen LogP contribution < -0.4 is 25.5 Å². The molecule has 10 heteroatoms. The molecule has 1 aromatic heterocycles. The van der Waals surface area contributed by atoms with Gasteiger partial charge in [-0.3, -0.25) is 4.79 Å². The van der Waals surface area contributed by atoms with Gasteiger partial charge >= 0.3 is 5.69 Å². The minimum atomic E-state index is -0.250. The molecule has 0 unspecified atom stereocenters. The summed E-state index contributed by atoms with van der Waals surface area (Å²) in [5.41, 5.74) is 2.49. The van der Waals surface area contributed by atoms with Crippen LogP contribution in [0.3, 0.4) is 0 Å². The molecule has 9 nitrogen and oxygen atoms in total. The van der Waals surface area contributed by atoms with Crippen LogP contribution in [0.5, 0.6) is 11.5 Å². The summed E-state index contributed by atoms with van der Waals surface area (Å²) in [4.78, 5) is 32.4. The maximum atomic E-state index is 13.0. The topological polar surface area (TPSA) is 88.9 Å². The van der Waals surface area contributed by atoms with Gasteiger partial charge in [-0.25, -0.2) is 9.47 Å². The Morgan fingerprint density at radius 1 is 1.12 bits per heavy atom. The predicted molar refractivity (Wildman–Crippen MR) is 129 cm³/mol. The first-order valence-electron chi connectivity index (χ1n) is 11.2. The molecule has 1 aliphatic heterocycles. The van der Waals surface area contributed by atoms with Crippen molar-refractivity contribution in [2.45, 2.75) is 30.7 Å². The molecular formula is C23H31N5O4S. The molecular weight excluding hydrogens is 442 g/mol. The number of ether oxygens (including phenoxy) is 2. The Morgan fingerprint density at radius 2 is 1.88 bits per heavy atom. The Morgan fingerprint density at radius 3 is 2.61 bits per heavy atom. The number of benzene rings is 1. The lowest BCUT2D eigenvalue weighted by atomic mass is 9.97. The van der Waals surface area contributed by atoms with Gasteiger partial charge in [0, 0.05) is 37.8 Å². The quantitative estimate of drug-likeness (QED) is 0.481. The molecule has 178 valence electrons. The summed E-state index contributed by atoms with van der Waals surface area (Å²) >= 11 is 1.32. The second kappa shape index (κ2) is 10.5. The van der Waals surface area contributed by atoms with Crippen LogP contribution in [0.15, 0.2) is 28.0 Å². The monoisotopic (exact) mass is 473 g/mol. The van der Waals surface area contributed by atoms with Crippen LogP contribution in [-0.2, 0) is 17.6 Å². The molecule has 1 aliphatic carbocycles. The van der Waals surface area contributed by atoms with E-state index in [4.69, 9.17) is 9.47 Å². The van der Waals surface area contributed by atoms with E-state index in [-0.39, 0.29) is 17.3 Å². The minimum absolute atomic E-state index is 0.159.